The van der Waals surface area contributed by atoms with Gasteiger partial charge in [-0.15, -0.1) is 0 Å². The van der Waals surface area contributed by atoms with Gasteiger partial charge < -0.3 is 15.4 Å². The molecule has 3 rings (SSSR count). The second kappa shape index (κ2) is 5.41. The van der Waals surface area contributed by atoms with Crippen LogP contribution in [0.25, 0.3) is 0 Å². The number of carbonyl (C=O) groups is 1. The molecule has 2 N–H and O–H groups in total. The first-order valence-electron chi connectivity index (χ1n) is 6.58. The number of nitrogens with zero attached hydrogens (tertiary/aromatic N) is 1. The van der Waals surface area contributed by atoms with Crippen LogP contribution in [0, 0.1) is 0 Å². The minimum Gasteiger partial charge on any atom is -0.497 e. The second-order valence-electron chi connectivity index (χ2n) is 5.04. The molecular formula is C16H15BrN2O2. The Kier molecular flexibility index (Phi) is 3.59. The van der Waals surface area contributed by atoms with Crippen molar-refractivity contribution in [2.24, 2.45) is 0 Å². The van der Waals surface area contributed by atoms with Crippen molar-refractivity contribution in [3.05, 3.63) is 57.6 Å². The van der Waals surface area contributed by atoms with Gasteiger partial charge in [-0.3, -0.25) is 4.79 Å². The third-order valence-corrected chi connectivity index (χ3v) is 4.40. The molecule has 108 valence electrons. The van der Waals surface area contributed by atoms with Crippen LogP contribution in [0.2, 0.25) is 0 Å². The van der Waals surface area contributed by atoms with Gasteiger partial charge in [-0.1, -0.05) is 22.0 Å². The zero-order valence-electron chi connectivity index (χ0n) is 11.6. The number of fused-ring (bicyclic) bond motifs is 1. The van der Waals surface area contributed by atoms with Gasteiger partial charge in [0, 0.05) is 28.8 Å². The van der Waals surface area contributed by atoms with E-state index in [2.05, 4.69) is 15.9 Å². The highest BCUT2D eigenvalue weighted by atomic mass is 79.9. The molecular weight excluding hydrogens is 332 g/mol. The number of hydrogen-bond acceptors (Lipinski definition) is 3. The van der Waals surface area contributed by atoms with Gasteiger partial charge in [-0.25, -0.2) is 0 Å². The van der Waals surface area contributed by atoms with E-state index in [-0.39, 0.29) is 5.91 Å². The summed E-state index contributed by atoms with van der Waals surface area (Å²) in [5, 5.41) is 0. The van der Waals surface area contributed by atoms with Crippen molar-refractivity contribution in [3.63, 3.8) is 0 Å². The molecule has 0 fully saturated rings. The van der Waals surface area contributed by atoms with Gasteiger partial charge in [0.1, 0.15) is 5.75 Å². The lowest BCUT2D eigenvalue weighted by Gasteiger charge is -2.17. The van der Waals surface area contributed by atoms with Crippen LogP contribution < -0.4 is 10.5 Å². The van der Waals surface area contributed by atoms with Gasteiger partial charge in [0.2, 0.25) is 0 Å². The molecule has 0 aromatic heterocycles. The lowest BCUT2D eigenvalue weighted by Crippen LogP contribution is -2.23. The molecule has 0 aliphatic carbocycles. The Balaban J connectivity index is 1.86. The Hall–Kier alpha value is -2.01. The Labute approximate surface area is 131 Å². The fourth-order valence-electron chi connectivity index (χ4n) is 2.51. The third kappa shape index (κ3) is 2.61. The summed E-state index contributed by atoms with van der Waals surface area (Å²) in [4.78, 5) is 14.3. The Morgan fingerprint density at radius 1 is 1.29 bits per heavy atom. The lowest BCUT2D eigenvalue weighted by molar-refractivity contribution is 0.0766. The number of nitrogens with two attached hydrogens (primary N) is 1. The van der Waals surface area contributed by atoms with E-state index in [1.165, 1.54) is 0 Å². The molecule has 5 heteroatoms. The number of halogens is 1. The number of carbonyl (C=O) groups excluding carboxylic acids is 1. The van der Waals surface area contributed by atoms with Crippen molar-refractivity contribution in [2.45, 2.75) is 13.1 Å². The molecule has 0 bridgehead atoms. The van der Waals surface area contributed by atoms with Gasteiger partial charge in [-0.2, -0.15) is 0 Å². The van der Waals surface area contributed by atoms with Crippen molar-refractivity contribution in [3.8, 4) is 5.75 Å². The number of hydrogen-bond donors (Lipinski definition) is 1. The molecule has 4 nitrogen and oxygen atoms in total. The van der Waals surface area contributed by atoms with Crippen LogP contribution in [0.1, 0.15) is 21.5 Å². The van der Waals surface area contributed by atoms with Gasteiger partial charge >= 0.3 is 0 Å². The average molecular weight is 347 g/mol. The molecule has 1 heterocycles. The number of amides is 1. The summed E-state index contributed by atoms with van der Waals surface area (Å²) in [6, 6.07) is 11.3. The number of rotatable bonds is 3. The van der Waals surface area contributed by atoms with Crippen molar-refractivity contribution < 1.29 is 9.53 Å². The van der Waals surface area contributed by atoms with Crippen molar-refractivity contribution >= 4 is 27.5 Å². The second-order valence-corrected chi connectivity index (χ2v) is 5.89. The molecule has 21 heavy (non-hydrogen) atoms. The maximum atomic E-state index is 12.4. The van der Waals surface area contributed by atoms with Crippen molar-refractivity contribution in [1.29, 1.82) is 0 Å². The van der Waals surface area contributed by atoms with Crippen LogP contribution in [-0.2, 0) is 13.1 Å². The molecule has 0 saturated carbocycles. The minimum atomic E-state index is 0.0204. The summed E-state index contributed by atoms with van der Waals surface area (Å²) in [6.07, 6.45) is 0. The Morgan fingerprint density at radius 3 is 2.86 bits per heavy atom. The molecule has 0 unspecified atom stereocenters. The first-order valence-corrected chi connectivity index (χ1v) is 7.38. The summed E-state index contributed by atoms with van der Waals surface area (Å²) in [7, 11) is 1.63. The van der Waals surface area contributed by atoms with Crippen LogP contribution >= 0.6 is 15.9 Å². The topological polar surface area (TPSA) is 55.6 Å². The first-order chi connectivity index (χ1) is 10.1. The van der Waals surface area contributed by atoms with Gasteiger partial charge in [0.15, 0.2) is 0 Å². The number of ether oxygens (including phenoxy) is 1. The summed E-state index contributed by atoms with van der Waals surface area (Å²) >= 11 is 3.52. The van der Waals surface area contributed by atoms with Crippen LogP contribution in [0.5, 0.6) is 5.75 Å². The molecule has 1 aliphatic heterocycles. The molecule has 0 saturated heterocycles. The number of nitrogen functional groups attached to an aromatic ring is 1. The van der Waals surface area contributed by atoms with Crippen LogP contribution in [0.3, 0.4) is 0 Å². The normalized spacial score (nSPS) is 13.4. The van der Waals surface area contributed by atoms with E-state index >= 15 is 0 Å². The monoisotopic (exact) mass is 346 g/mol. The molecule has 0 spiro atoms. The number of benzene rings is 2. The van der Waals surface area contributed by atoms with E-state index in [9.17, 15) is 4.79 Å². The Bertz CT molecular complexity index is 715. The predicted octanol–water partition coefficient (Wildman–Crippen LogP) is 3.20. The van der Waals surface area contributed by atoms with Gasteiger partial charge in [-0.05, 0) is 41.5 Å². The van der Waals surface area contributed by atoms with Crippen molar-refractivity contribution in [2.75, 3.05) is 12.8 Å². The summed E-state index contributed by atoms with van der Waals surface area (Å²) in [5.74, 6) is 0.800. The zero-order valence-corrected chi connectivity index (χ0v) is 13.2. The van der Waals surface area contributed by atoms with Gasteiger partial charge in [0.05, 0.1) is 7.11 Å². The van der Waals surface area contributed by atoms with E-state index < -0.39 is 0 Å². The number of methoxy groups -OCH3 is 1. The maximum absolute atomic E-state index is 12.4. The molecule has 1 aliphatic rings. The third-order valence-electron chi connectivity index (χ3n) is 3.63. The van der Waals surface area contributed by atoms with E-state index in [4.69, 9.17) is 10.5 Å². The molecule has 1 amide bonds. The standard InChI is InChI=1S/C16H15BrN2O2/c1-21-13-4-5-15(17)11(6-13)9-19-8-10-2-3-12(18)7-14(10)16(19)20/h2-7H,8-9,18H2,1H3. The smallest absolute Gasteiger partial charge is 0.254 e. The molecule has 2 aromatic carbocycles. The average Bonchev–Trinajstić information content (AvgIpc) is 2.78. The highest BCUT2D eigenvalue weighted by Crippen LogP contribution is 2.29. The van der Waals surface area contributed by atoms with Gasteiger partial charge in [0.25, 0.3) is 5.91 Å². The predicted molar refractivity (Wildman–Crippen MR) is 85.1 cm³/mol. The zero-order chi connectivity index (χ0) is 15.0. The van der Waals surface area contributed by atoms with Crippen LogP contribution in [-0.4, -0.2) is 17.9 Å². The van der Waals surface area contributed by atoms with E-state index in [1.807, 2.05) is 35.2 Å². The van der Waals surface area contributed by atoms with E-state index in [0.29, 0.717) is 24.3 Å². The summed E-state index contributed by atoms with van der Waals surface area (Å²) in [5.41, 5.74) is 9.12. The fraction of sp³-hybridized carbons (Fsp3) is 0.188. The van der Waals surface area contributed by atoms with Crippen LogP contribution in [0.4, 0.5) is 5.69 Å². The summed E-state index contributed by atoms with van der Waals surface area (Å²) in [6.45, 7) is 1.14. The molecule has 2 aromatic rings. The molecule has 0 radical (unpaired) electrons. The first kappa shape index (κ1) is 13.9. The fourth-order valence-corrected chi connectivity index (χ4v) is 2.88. The number of anilines is 1. The molecule has 0 atom stereocenters. The minimum absolute atomic E-state index is 0.0204. The van der Waals surface area contributed by atoms with E-state index in [0.717, 1.165) is 21.3 Å². The highest BCUT2D eigenvalue weighted by Gasteiger charge is 2.27. The van der Waals surface area contributed by atoms with Crippen molar-refractivity contribution in [1.82, 2.24) is 4.90 Å². The maximum Gasteiger partial charge on any atom is 0.254 e. The highest BCUT2D eigenvalue weighted by molar-refractivity contribution is 9.10. The Morgan fingerprint density at radius 2 is 2.10 bits per heavy atom. The largest absolute Gasteiger partial charge is 0.497 e. The SMILES string of the molecule is COc1ccc(Br)c(CN2Cc3ccc(N)cc3C2=O)c1. The lowest BCUT2D eigenvalue weighted by atomic mass is 10.1. The van der Waals surface area contributed by atoms with E-state index in [1.54, 1.807) is 13.2 Å². The quantitative estimate of drug-likeness (QED) is 0.868. The van der Waals surface area contributed by atoms with Crippen LogP contribution in [0.15, 0.2) is 40.9 Å². The summed E-state index contributed by atoms with van der Waals surface area (Å²) < 4.78 is 6.20.